The average molecular weight is 456 g/mol. The second kappa shape index (κ2) is 10.1. The third kappa shape index (κ3) is 5.43. The van der Waals surface area contributed by atoms with Crippen molar-refractivity contribution in [3.63, 3.8) is 0 Å². The van der Waals surface area contributed by atoms with Crippen LogP contribution < -0.4 is 10.6 Å². The average Bonchev–Trinajstić information content (AvgIpc) is 3.37. The second-order valence-corrected chi connectivity index (χ2v) is 10.2. The van der Waals surface area contributed by atoms with Crippen molar-refractivity contribution in [1.82, 2.24) is 23.8 Å². The molecule has 0 aromatic carbocycles. The summed E-state index contributed by atoms with van der Waals surface area (Å²) in [7, 11) is -1.86. The molecule has 2 aromatic heterocycles. The third-order valence-corrected chi connectivity index (χ3v) is 7.35. The fourth-order valence-corrected chi connectivity index (χ4v) is 4.97. The van der Waals surface area contributed by atoms with Crippen molar-refractivity contribution >= 4 is 33.0 Å². The molecule has 3 rings (SSSR count). The number of hydrogen-bond acceptors (Lipinski definition) is 9. The Hall–Kier alpha value is -2.02. The number of ether oxygens (including phenoxy) is 1. The number of hydrogen-bond donors (Lipinski definition) is 3. The number of aliphatic hydroxyl groups is 1. The van der Waals surface area contributed by atoms with Crippen molar-refractivity contribution in [2.75, 3.05) is 49.8 Å². The van der Waals surface area contributed by atoms with Gasteiger partial charge in [0.15, 0.2) is 17.0 Å². The lowest BCUT2D eigenvalue weighted by Gasteiger charge is -2.21. The number of anilines is 2. The molecule has 12 heteroatoms. The summed E-state index contributed by atoms with van der Waals surface area (Å²) in [6, 6.07) is -0.273. The molecule has 11 nitrogen and oxygen atoms in total. The quantitative estimate of drug-likeness (QED) is 0.448. The second-order valence-electron chi connectivity index (χ2n) is 8.07. The summed E-state index contributed by atoms with van der Waals surface area (Å²) in [6.07, 6.45) is 2.39. The number of methoxy groups -OCH3 is 1. The number of nitrogens with one attached hydrogen (secondary N) is 2. The highest BCUT2D eigenvalue weighted by molar-refractivity contribution is 7.89. The van der Waals surface area contributed by atoms with Crippen LogP contribution in [0, 0.1) is 5.92 Å². The fourth-order valence-electron chi connectivity index (χ4n) is 3.54. The van der Waals surface area contributed by atoms with E-state index in [-0.39, 0.29) is 37.0 Å². The third-order valence-electron chi connectivity index (χ3n) is 5.55. The minimum Gasteiger partial charge on any atom is -0.394 e. The highest BCUT2D eigenvalue weighted by Gasteiger charge is 2.32. The predicted octanol–water partition coefficient (Wildman–Crippen LogP) is 0.737. The zero-order valence-electron chi connectivity index (χ0n) is 18.6. The topological polar surface area (TPSA) is 134 Å². The molecule has 3 heterocycles. The summed E-state index contributed by atoms with van der Waals surface area (Å²) in [4.78, 5) is 13.7. The molecule has 1 aliphatic rings. The summed E-state index contributed by atoms with van der Waals surface area (Å²) in [6.45, 7) is 7.69. The zero-order valence-corrected chi connectivity index (χ0v) is 19.4. The van der Waals surface area contributed by atoms with Crippen molar-refractivity contribution in [3.05, 3.63) is 6.33 Å². The highest BCUT2D eigenvalue weighted by Crippen LogP contribution is 2.25. The molecule has 31 heavy (non-hydrogen) atoms. The number of aliphatic hydroxyl groups excluding tert-OH is 1. The van der Waals surface area contributed by atoms with E-state index in [4.69, 9.17) is 4.74 Å². The monoisotopic (exact) mass is 455 g/mol. The van der Waals surface area contributed by atoms with Gasteiger partial charge in [-0.05, 0) is 19.3 Å². The van der Waals surface area contributed by atoms with Crippen molar-refractivity contribution in [2.24, 2.45) is 5.92 Å². The lowest BCUT2D eigenvalue weighted by Crippen LogP contribution is -2.34. The SMILES string of the molecule is CCn1cnc2c(N[C@H]3CCN(S(=O)(=O)CCOC)C3)nc(N[C@@H](CO)C(C)C)nc21. The van der Waals surface area contributed by atoms with Crippen molar-refractivity contribution in [1.29, 1.82) is 0 Å². The Kier molecular flexibility index (Phi) is 7.68. The van der Waals surface area contributed by atoms with Gasteiger partial charge < -0.3 is 25.0 Å². The van der Waals surface area contributed by atoms with E-state index in [0.717, 1.165) is 0 Å². The maximum absolute atomic E-state index is 12.5. The van der Waals surface area contributed by atoms with E-state index in [9.17, 15) is 13.5 Å². The van der Waals surface area contributed by atoms with Crippen molar-refractivity contribution in [2.45, 2.75) is 45.8 Å². The Morgan fingerprint density at radius 2 is 2.13 bits per heavy atom. The summed E-state index contributed by atoms with van der Waals surface area (Å²) < 4.78 is 33.3. The van der Waals surface area contributed by atoms with Crippen LogP contribution in [0.5, 0.6) is 0 Å². The van der Waals surface area contributed by atoms with Crippen LogP contribution in [0.4, 0.5) is 11.8 Å². The van der Waals surface area contributed by atoms with Gasteiger partial charge in [0.05, 0.1) is 31.3 Å². The van der Waals surface area contributed by atoms with E-state index in [1.807, 2.05) is 25.3 Å². The molecule has 0 saturated carbocycles. The molecule has 2 aromatic rings. The van der Waals surface area contributed by atoms with E-state index in [2.05, 4.69) is 25.6 Å². The fraction of sp³-hybridized carbons (Fsp3) is 0.737. The molecule has 0 unspecified atom stereocenters. The Morgan fingerprint density at radius 3 is 2.77 bits per heavy atom. The maximum Gasteiger partial charge on any atom is 0.227 e. The van der Waals surface area contributed by atoms with Gasteiger partial charge in [0.25, 0.3) is 0 Å². The molecule has 0 spiro atoms. The van der Waals surface area contributed by atoms with Crippen LogP contribution in [0.25, 0.3) is 11.2 Å². The summed E-state index contributed by atoms with van der Waals surface area (Å²) in [5.74, 6) is 1.13. The first kappa shape index (κ1) is 23.6. The van der Waals surface area contributed by atoms with Gasteiger partial charge in [0.2, 0.25) is 16.0 Å². The molecule has 1 aliphatic heterocycles. The number of nitrogens with zero attached hydrogens (tertiary/aromatic N) is 5. The van der Waals surface area contributed by atoms with Crippen LogP contribution in [0.1, 0.15) is 27.2 Å². The Morgan fingerprint density at radius 1 is 1.35 bits per heavy atom. The van der Waals surface area contributed by atoms with Gasteiger partial charge >= 0.3 is 0 Å². The van der Waals surface area contributed by atoms with E-state index in [1.165, 1.54) is 11.4 Å². The first-order chi connectivity index (χ1) is 14.8. The van der Waals surface area contributed by atoms with Gasteiger partial charge in [-0.2, -0.15) is 14.3 Å². The Labute approximate surface area is 183 Å². The lowest BCUT2D eigenvalue weighted by molar-refractivity contribution is 0.216. The minimum absolute atomic E-state index is 0.0271. The largest absolute Gasteiger partial charge is 0.394 e. The molecule has 0 amide bonds. The predicted molar refractivity (Wildman–Crippen MR) is 120 cm³/mol. The van der Waals surface area contributed by atoms with Crippen LogP contribution >= 0.6 is 0 Å². The smallest absolute Gasteiger partial charge is 0.227 e. The van der Waals surface area contributed by atoms with Gasteiger partial charge in [-0.1, -0.05) is 13.8 Å². The van der Waals surface area contributed by atoms with Crippen LogP contribution in [-0.4, -0.2) is 88.6 Å². The maximum atomic E-state index is 12.5. The van der Waals surface area contributed by atoms with Gasteiger partial charge in [-0.25, -0.2) is 13.4 Å². The molecule has 0 bridgehead atoms. The standard InChI is InChI=1S/C19H33N7O4S/c1-5-25-12-20-16-17(23-19(24-18(16)25)22-15(11-27)13(2)3)21-14-6-7-26(10-14)31(28,29)9-8-30-4/h12-15,27H,5-11H2,1-4H3,(H2,21,22,23,24)/t14-,15-/m0/s1. The number of fused-ring (bicyclic) bond motifs is 1. The molecule has 1 fully saturated rings. The summed E-state index contributed by atoms with van der Waals surface area (Å²) >= 11 is 0. The number of imidazole rings is 1. The highest BCUT2D eigenvalue weighted by atomic mass is 32.2. The van der Waals surface area contributed by atoms with Crippen LogP contribution in [-0.2, 0) is 21.3 Å². The van der Waals surface area contributed by atoms with Crippen molar-refractivity contribution < 1.29 is 18.3 Å². The van der Waals surface area contributed by atoms with Gasteiger partial charge in [0.1, 0.15) is 0 Å². The molecule has 3 N–H and O–H groups in total. The number of aromatic nitrogens is 4. The normalized spacial score (nSPS) is 18.7. The molecule has 174 valence electrons. The zero-order chi connectivity index (χ0) is 22.6. The van der Waals surface area contributed by atoms with E-state index >= 15 is 0 Å². The molecule has 2 atom stereocenters. The van der Waals surface area contributed by atoms with Crippen LogP contribution in [0.2, 0.25) is 0 Å². The molecule has 1 saturated heterocycles. The van der Waals surface area contributed by atoms with Crippen LogP contribution in [0.3, 0.4) is 0 Å². The molecule has 0 aliphatic carbocycles. The van der Waals surface area contributed by atoms with E-state index in [0.29, 0.717) is 49.0 Å². The minimum atomic E-state index is -3.35. The number of sulfonamides is 1. The van der Waals surface area contributed by atoms with Crippen LogP contribution in [0.15, 0.2) is 6.33 Å². The number of rotatable bonds is 11. The van der Waals surface area contributed by atoms with E-state index < -0.39 is 10.0 Å². The Bertz CT molecular complexity index is 979. The van der Waals surface area contributed by atoms with Gasteiger partial charge in [-0.15, -0.1) is 0 Å². The first-order valence-electron chi connectivity index (χ1n) is 10.6. The summed E-state index contributed by atoms with van der Waals surface area (Å²) in [5.41, 5.74) is 1.32. The Balaban J connectivity index is 1.83. The first-order valence-corrected chi connectivity index (χ1v) is 12.2. The molecule has 0 radical (unpaired) electrons. The van der Waals surface area contributed by atoms with E-state index in [1.54, 1.807) is 6.33 Å². The molecular formula is C19H33N7O4S. The number of aryl methyl sites for hydroxylation is 1. The van der Waals surface area contributed by atoms with Gasteiger partial charge in [0, 0.05) is 32.8 Å². The summed E-state index contributed by atoms with van der Waals surface area (Å²) in [5, 5.41) is 16.3. The molecular weight excluding hydrogens is 422 g/mol. The lowest BCUT2D eigenvalue weighted by atomic mass is 10.1. The van der Waals surface area contributed by atoms with Gasteiger partial charge in [-0.3, -0.25) is 0 Å². The van der Waals surface area contributed by atoms with Crippen molar-refractivity contribution in [3.8, 4) is 0 Å².